The Morgan fingerprint density at radius 3 is 2.94 bits per heavy atom. The molecule has 3 rings (SSSR count). The summed E-state index contributed by atoms with van der Waals surface area (Å²) in [6.45, 7) is 0. The van der Waals surface area contributed by atoms with E-state index in [1.165, 1.54) is 38.5 Å². The molecule has 0 bridgehead atoms. The summed E-state index contributed by atoms with van der Waals surface area (Å²) >= 11 is 0. The van der Waals surface area contributed by atoms with Gasteiger partial charge in [0.2, 0.25) is 0 Å². The van der Waals surface area contributed by atoms with Gasteiger partial charge in [0.25, 0.3) is 0 Å². The highest BCUT2D eigenvalue weighted by molar-refractivity contribution is 5.38. The Balaban J connectivity index is 1.66. The Kier molecular flexibility index (Phi) is 2.79. The molecule has 1 atom stereocenters. The fraction of sp³-hybridized carbons (Fsp3) is 0.643. The van der Waals surface area contributed by atoms with Crippen LogP contribution < -0.4 is 5.73 Å². The number of nitrogens with zero attached hydrogens (tertiary/aromatic N) is 1. The van der Waals surface area contributed by atoms with E-state index in [9.17, 15) is 0 Å². The normalized spacial score (nSPS) is 26.7. The fourth-order valence-electron chi connectivity index (χ4n) is 3.30. The maximum atomic E-state index is 6.29. The van der Waals surface area contributed by atoms with Gasteiger partial charge < -0.3 is 10.5 Å². The third kappa shape index (κ3) is 2.16. The first kappa shape index (κ1) is 11.0. The van der Waals surface area contributed by atoms with E-state index in [-0.39, 0.29) is 5.60 Å². The van der Waals surface area contributed by atoms with Gasteiger partial charge in [-0.05, 0) is 37.3 Å². The molecule has 2 N–H and O–H groups in total. The lowest BCUT2D eigenvalue weighted by atomic mass is 9.97. The van der Waals surface area contributed by atoms with Gasteiger partial charge in [-0.1, -0.05) is 18.9 Å². The topological polar surface area (TPSA) is 48.1 Å². The van der Waals surface area contributed by atoms with Crippen molar-refractivity contribution in [1.29, 1.82) is 0 Å². The highest BCUT2D eigenvalue weighted by Crippen LogP contribution is 2.44. The van der Waals surface area contributed by atoms with Crippen molar-refractivity contribution in [1.82, 2.24) is 4.98 Å². The third-order valence-corrected chi connectivity index (χ3v) is 4.23. The van der Waals surface area contributed by atoms with Crippen molar-refractivity contribution in [3.63, 3.8) is 0 Å². The summed E-state index contributed by atoms with van der Waals surface area (Å²) in [5, 5.41) is 0. The van der Waals surface area contributed by atoms with Crippen LogP contribution in [-0.4, -0.2) is 16.7 Å². The zero-order chi connectivity index (χ0) is 11.7. The van der Waals surface area contributed by atoms with Crippen LogP contribution in [0.2, 0.25) is 0 Å². The van der Waals surface area contributed by atoms with Gasteiger partial charge in [-0.25, -0.2) is 4.98 Å². The molecule has 1 saturated carbocycles. The largest absolute Gasteiger partial charge is 0.383 e. The number of aromatic nitrogens is 1. The molecule has 2 heterocycles. The molecule has 2 fully saturated rings. The van der Waals surface area contributed by atoms with E-state index in [1.54, 1.807) is 6.20 Å². The first-order chi connectivity index (χ1) is 8.27. The highest BCUT2D eigenvalue weighted by atomic mass is 16.5. The maximum Gasteiger partial charge on any atom is 0.126 e. The molecular formula is C14H20N2O. The molecule has 3 nitrogen and oxygen atoms in total. The Labute approximate surface area is 102 Å². The molecule has 1 aliphatic heterocycles. The molecule has 1 unspecified atom stereocenters. The van der Waals surface area contributed by atoms with Crippen LogP contribution in [0.25, 0.3) is 0 Å². The molecule has 0 amide bonds. The number of hydrogen-bond acceptors (Lipinski definition) is 3. The summed E-state index contributed by atoms with van der Waals surface area (Å²) in [7, 11) is 0. The van der Waals surface area contributed by atoms with E-state index >= 15 is 0 Å². The van der Waals surface area contributed by atoms with Gasteiger partial charge in [0.1, 0.15) is 5.82 Å². The molecule has 1 aromatic heterocycles. The van der Waals surface area contributed by atoms with Crippen LogP contribution in [0.15, 0.2) is 18.3 Å². The number of nitrogens with two attached hydrogens (primary N) is 1. The molecular weight excluding hydrogens is 212 g/mol. The Morgan fingerprint density at radius 1 is 1.35 bits per heavy atom. The molecule has 1 saturated heterocycles. The molecule has 1 aliphatic carbocycles. The van der Waals surface area contributed by atoms with E-state index in [4.69, 9.17) is 10.5 Å². The minimum Gasteiger partial charge on any atom is -0.383 e. The number of rotatable bonds is 2. The van der Waals surface area contributed by atoms with Crippen LogP contribution in [0.4, 0.5) is 5.82 Å². The summed E-state index contributed by atoms with van der Waals surface area (Å²) in [6.07, 6.45) is 10.6. The first-order valence-corrected chi connectivity index (χ1v) is 6.65. The van der Waals surface area contributed by atoms with Gasteiger partial charge in [-0.15, -0.1) is 0 Å². The van der Waals surface area contributed by atoms with Gasteiger partial charge in [0, 0.05) is 12.6 Å². The number of nitrogen functional groups attached to an aromatic ring is 1. The smallest absolute Gasteiger partial charge is 0.126 e. The second-order valence-corrected chi connectivity index (χ2v) is 5.42. The number of anilines is 1. The zero-order valence-corrected chi connectivity index (χ0v) is 10.2. The predicted octanol–water partition coefficient (Wildman–Crippen LogP) is 2.70. The van der Waals surface area contributed by atoms with E-state index < -0.39 is 0 Å². The molecule has 0 aromatic carbocycles. The molecule has 92 valence electrons. The third-order valence-electron chi connectivity index (χ3n) is 4.23. The Morgan fingerprint density at radius 2 is 2.18 bits per heavy atom. The summed E-state index contributed by atoms with van der Waals surface area (Å²) in [6, 6.07) is 4.01. The first-order valence-electron chi connectivity index (χ1n) is 6.65. The lowest BCUT2D eigenvalue weighted by Crippen LogP contribution is -2.25. The summed E-state index contributed by atoms with van der Waals surface area (Å²) in [5.41, 5.74) is 7.23. The van der Waals surface area contributed by atoms with Crippen molar-refractivity contribution in [3.8, 4) is 0 Å². The summed E-state index contributed by atoms with van der Waals surface area (Å²) in [5.74, 6) is 0.656. The van der Waals surface area contributed by atoms with Crippen molar-refractivity contribution in [2.45, 2.75) is 56.7 Å². The molecule has 3 heteroatoms. The quantitative estimate of drug-likeness (QED) is 0.852. The highest BCUT2D eigenvalue weighted by Gasteiger charge is 2.42. The molecule has 0 radical (unpaired) electrons. The van der Waals surface area contributed by atoms with E-state index in [0.29, 0.717) is 11.9 Å². The maximum absolute atomic E-state index is 6.29. The van der Waals surface area contributed by atoms with Crippen LogP contribution >= 0.6 is 0 Å². The van der Waals surface area contributed by atoms with E-state index in [2.05, 4.69) is 11.1 Å². The predicted molar refractivity (Wildman–Crippen MR) is 67.7 cm³/mol. The van der Waals surface area contributed by atoms with Crippen LogP contribution in [0, 0.1) is 0 Å². The number of pyridine rings is 1. The van der Waals surface area contributed by atoms with Gasteiger partial charge in [0.15, 0.2) is 0 Å². The standard InChI is InChI=1S/C14H20N2O/c15-13-11(4-3-9-16-13)10-12-5-8-14(17-12)6-1-2-7-14/h3-4,9,12H,1-2,5-8,10H2,(H2,15,16). The van der Waals surface area contributed by atoms with Crippen molar-refractivity contribution in [2.24, 2.45) is 0 Å². The second-order valence-electron chi connectivity index (χ2n) is 5.42. The molecule has 1 aromatic rings. The summed E-state index contributed by atoms with van der Waals surface area (Å²) in [4.78, 5) is 4.13. The Bertz CT molecular complexity index is 399. The van der Waals surface area contributed by atoms with Crippen LogP contribution in [0.3, 0.4) is 0 Å². The van der Waals surface area contributed by atoms with Crippen molar-refractivity contribution in [3.05, 3.63) is 23.9 Å². The van der Waals surface area contributed by atoms with Gasteiger partial charge in [-0.3, -0.25) is 0 Å². The van der Waals surface area contributed by atoms with Crippen LogP contribution in [0.5, 0.6) is 0 Å². The van der Waals surface area contributed by atoms with Crippen molar-refractivity contribution < 1.29 is 4.74 Å². The monoisotopic (exact) mass is 232 g/mol. The number of ether oxygens (including phenoxy) is 1. The van der Waals surface area contributed by atoms with Gasteiger partial charge in [-0.2, -0.15) is 0 Å². The average Bonchev–Trinajstić information content (AvgIpc) is 2.94. The fourth-order valence-corrected chi connectivity index (χ4v) is 3.30. The SMILES string of the molecule is Nc1ncccc1CC1CCC2(CCCC2)O1. The van der Waals surface area contributed by atoms with Crippen molar-refractivity contribution in [2.75, 3.05) is 5.73 Å². The lowest BCUT2D eigenvalue weighted by molar-refractivity contribution is -0.0354. The second kappa shape index (κ2) is 4.30. The lowest BCUT2D eigenvalue weighted by Gasteiger charge is -2.23. The molecule has 17 heavy (non-hydrogen) atoms. The minimum absolute atomic E-state index is 0.224. The number of hydrogen-bond donors (Lipinski definition) is 1. The van der Waals surface area contributed by atoms with Crippen molar-refractivity contribution >= 4 is 5.82 Å². The van der Waals surface area contributed by atoms with Crippen LogP contribution in [0.1, 0.15) is 44.1 Å². The summed E-state index contributed by atoms with van der Waals surface area (Å²) < 4.78 is 6.29. The molecule has 2 aliphatic rings. The van der Waals surface area contributed by atoms with Gasteiger partial charge in [0.05, 0.1) is 11.7 Å². The molecule has 1 spiro atoms. The minimum atomic E-state index is 0.224. The van der Waals surface area contributed by atoms with Gasteiger partial charge >= 0.3 is 0 Å². The Hall–Kier alpha value is -1.09. The zero-order valence-electron chi connectivity index (χ0n) is 10.2. The van der Waals surface area contributed by atoms with E-state index in [1.807, 2.05) is 6.07 Å². The van der Waals surface area contributed by atoms with E-state index in [0.717, 1.165) is 12.0 Å². The van der Waals surface area contributed by atoms with Crippen LogP contribution in [-0.2, 0) is 11.2 Å². The average molecular weight is 232 g/mol.